The lowest BCUT2D eigenvalue weighted by Gasteiger charge is -2.04. The molecule has 0 unspecified atom stereocenters. The first-order chi connectivity index (χ1) is 9.01. The van der Waals surface area contributed by atoms with E-state index in [0.717, 1.165) is 11.3 Å². The predicted molar refractivity (Wildman–Crippen MR) is 71.0 cm³/mol. The van der Waals surface area contributed by atoms with Crippen molar-refractivity contribution in [3.8, 4) is 10.9 Å². The minimum Gasteiger partial charge on any atom is -0.431 e. The number of nitro groups is 1. The Labute approximate surface area is 117 Å². The second kappa shape index (κ2) is 5.52. The summed E-state index contributed by atoms with van der Waals surface area (Å²) in [6.45, 7) is 1.49. The van der Waals surface area contributed by atoms with Crippen molar-refractivity contribution in [1.82, 2.24) is 4.98 Å². The number of ether oxygens (including phenoxy) is 1. The zero-order valence-electron chi connectivity index (χ0n) is 9.79. The smallest absolute Gasteiger partial charge is 0.280 e. The van der Waals surface area contributed by atoms with Crippen molar-refractivity contribution in [2.24, 2.45) is 0 Å². The Hall–Kier alpha value is -1.70. The molecule has 0 bridgehead atoms. The molecule has 0 atom stereocenters. The molecule has 0 saturated carbocycles. The molecule has 0 radical (unpaired) electrons. The summed E-state index contributed by atoms with van der Waals surface area (Å²) < 4.78 is 5.50. The third-order valence-corrected chi connectivity index (χ3v) is 3.68. The van der Waals surface area contributed by atoms with E-state index in [1.165, 1.54) is 18.2 Å². The molecule has 6 nitrogen and oxygen atoms in total. The summed E-state index contributed by atoms with van der Waals surface area (Å²) in [5, 5.41) is 20.1. The molecule has 0 aliphatic heterocycles. The summed E-state index contributed by atoms with van der Waals surface area (Å²) in [6.07, 6.45) is 0. The average Bonchev–Trinajstić information content (AvgIpc) is 2.72. The number of hydrogen-bond acceptors (Lipinski definition) is 6. The Morgan fingerprint density at radius 1 is 1.58 bits per heavy atom. The van der Waals surface area contributed by atoms with Crippen LogP contribution in [-0.4, -0.2) is 15.0 Å². The maximum Gasteiger partial charge on any atom is 0.280 e. The topological polar surface area (TPSA) is 85.5 Å². The zero-order chi connectivity index (χ0) is 14.0. The molecule has 1 heterocycles. The fraction of sp³-hybridized carbons (Fsp3) is 0.182. The number of aromatic nitrogens is 1. The lowest BCUT2D eigenvalue weighted by atomic mass is 10.2. The monoisotopic (exact) mass is 300 g/mol. The van der Waals surface area contributed by atoms with Gasteiger partial charge in [-0.3, -0.25) is 10.1 Å². The van der Waals surface area contributed by atoms with Crippen molar-refractivity contribution in [3.63, 3.8) is 0 Å². The van der Waals surface area contributed by atoms with Gasteiger partial charge in [0.2, 0.25) is 0 Å². The highest BCUT2D eigenvalue weighted by molar-refractivity contribution is 7.13. The molecule has 0 spiro atoms. The molecule has 2 aromatic rings. The number of halogens is 1. The lowest BCUT2D eigenvalue weighted by Crippen LogP contribution is -1.91. The van der Waals surface area contributed by atoms with Crippen LogP contribution in [0.3, 0.4) is 0 Å². The highest BCUT2D eigenvalue weighted by atomic mass is 35.5. The van der Waals surface area contributed by atoms with Gasteiger partial charge in [-0.25, -0.2) is 0 Å². The summed E-state index contributed by atoms with van der Waals surface area (Å²) in [5.74, 6) is 0.459. The summed E-state index contributed by atoms with van der Waals surface area (Å²) in [4.78, 5) is 14.6. The highest BCUT2D eigenvalue weighted by Crippen LogP contribution is 2.34. The normalized spacial score (nSPS) is 10.5. The van der Waals surface area contributed by atoms with Crippen LogP contribution in [0.4, 0.5) is 5.69 Å². The summed E-state index contributed by atoms with van der Waals surface area (Å²) >= 11 is 6.91. The Balaban J connectivity index is 2.25. The van der Waals surface area contributed by atoms with E-state index < -0.39 is 4.92 Å². The van der Waals surface area contributed by atoms with Gasteiger partial charge in [0.05, 0.1) is 16.4 Å². The molecular weight excluding hydrogens is 292 g/mol. The number of nitrogens with zero attached hydrogens (tertiary/aromatic N) is 2. The number of aliphatic hydroxyl groups is 1. The molecule has 0 fully saturated rings. The van der Waals surface area contributed by atoms with Crippen LogP contribution < -0.4 is 4.74 Å². The summed E-state index contributed by atoms with van der Waals surface area (Å²) in [6, 6.07) is 4.27. The van der Waals surface area contributed by atoms with Crippen molar-refractivity contribution >= 4 is 28.6 Å². The van der Waals surface area contributed by atoms with Gasteiger partial charge in [-0.1, -0.05) is 22.9 Å². The number of aryl methyl sites for hydroxylation is 1. The van der Waals surface area contributed by atoms with Crippen LogP contribution in [0.5, 0.6) is 10.9 Å². The van der Waals surface area contributed by atoms with Crippen LogP contribution in [0, 0.1) is 17.0 Å². The number of benzene rings is 1. The quantitative estimate of drug-likeness (QED) is 0.691. The lowest BCUT2D eigenvalue weighted by molar-refractivity contribution is -0.384. The fourth-order valence-electron chi connectivity index (χ4n) is 1.41. The molecule has 19 heavy (non-hydrogen) atoms. The van der Waals surface area contributed by atoms with E-state index in [-0.39, 0.29) is 22.6 Å². The Bertz CT molecular complexity index is 629. The second-order valence-electron chi connectivity index (χ2n) is 3.66. The van der Waals surface area contributed by atoms with Crippen molar-refractivity contribution < 1.29 is 14.8 Å². The maximum absolute atomic E-state index is 10.6. The van der Waals surface area contributed by atoms with Crippen molar-refractivity contribution in [2.45, 2.75) is 13.5 Å². The van der Waals surface area contributed by atoms with Gasteiger partial charge in [0.25, 0.3) is 10.9 Å². The molecule has 1 aromatic carbocycles. The SMILES string of the molecule is Cc1cc([N+](=O)[O-])ccc1Oc1nc(Cl)c(CO)s1. The average molecular weight is 301 g/mol. The third kappa shape index (κ3) is 3.01. The Morgan fingerprint density at radius 3 is 2.84 bits per heavy atom. The molecule has 100 valence electrons. The van der Waals surface area contributed by atoms with E-state index in [9.17, 15) is 10.1 Å². The molecular formula is C11H9ClN2O4S. The molecule has 8 heteroatoms. The Kier molecular flexibility index (Phi) is 3.98. The molecule has 1 aromatic heterocycles. The maximum atomic E-state index is 10.6. The number of aliphatic hydroxyl groups excluding tert-OH is 1. The van der Waals surface area contributed by atoms with E-state index in [1.807, 2.05) is 0 Å². The number of hydrogen-bond donors (Lipinski definition) is 1. The van der Waals surface area contributed by atoms with E-state index in [0.29, 0.717) is 16.2 Å². The number of non-ortho nitro benzene ring substituents is 1. The molecule has 2 rings (SSSR count). The van der Waals surface area contributed by atoms with E-state index >= 15 is 0 Å². The van der Waals surface area contributed by atoms with E-state index in [4.69, 9.17) is 21.4 Å². The molecule has 0 aliphatic carbocycles. The fourth-order valence-corrected chi connectivity index (χ4v) is 2.39. The standard InChI is InChI=1S/C11H9ClN2O4S/c1-6-4-7(14(16)17)2-3-8(6)18-11-13-10(12)9(5-15)19-11/h2-4,15H,5H2,1H3. The Morgan fingerprint density at radius 2 is 2.32 bits per heavy atom. The minimum atomic E-state index is -0.471. The van der Waals surface area contributed by atoms with Gasteiger partial charge >= 0.3 is 0 Å². The minimum absolute atomic E-state index is 0.00179. The van der Waals surface area contributed by atoms with Crippen LogP contribution >= 0.6 is 22.9 Å². The largest absolute Gasteiger partial charge is 0.431 e. The highest BCUT2D eigenvalue weighted by Gasteiger charge is 2.13. The van der Waals surface area contributed by atoms with E-state index in [2.05, 4.69) is 4.98 Å². The first-order valence-electron chi connectivity index (χ1n) is 5.20. The number of thiazole rings is 1. The predicted octanol–water partition coefficient (Wildman–Crippen LogP) is 3.30. The molecule has 1 N–H and O–H groups in total. The van der Waals surface area contributed by atoms with Crippen molar-refractivity contribution in [1.29, 1.82) is 0 Å². The zero-order valence-corrected chi connectivity index (χ0v) is 11.4. The van der Waals surface area contributed by atoms with Crippen LogP contribution in [0.1, 0.15) is 10.4 Å². The van der Waals surface area contributed by atoms with Gasteiger partial charge in [0.15, 0.2) is 0 Å². The van der Waals surface area contributed by atoms with Gasteiger partial charge in [-0.2, -0.15) is 4.98 Å². The first-order valence-corrected chi connectivity index (χ1v) is 6.39. The van der Waals surface area contributed by atoms with Crippen LogP contribution in [0.15, 0.2) is 18.2 Å². The van der Waals surface area contributed by atoms with Crippen LogP contribution in [0.2, 0.25) is 5.15 Å². The van der Waals surface area contributed by atoms with Crippen LogP contribution in [0.25, 0.3) is 0 Å². The molecule has 0 aliphatic rings. The van der Waals surface area contributed by atoms with Gasteiger partial charge in [-0.05, 0) is 18.6 Å². The van der Waals surface area contributed by atoms with Gasteiger partial charge in [0, 0.05) is 12.1 Å². The number of nitro benzene ring substituents is 1. The molecule has 0 saturated heterocycles. The summed E-state index contributed by atoms with van der Waals surface area (Å²) in [7, 11) is 0. The van der Waals surface area contributed by atoms with Gasteiger partial charge in [0.1, 0.15) is 10.9 Å². The van der Waals surface area contributed by atoms with Crippen LogP contribution in [-0.2, 0) is 6.61 Å². The van der Waals surface area contributed by atoms with Crippen molar-refractivity contribution in [3.05, 3.63) is 43.9 Å². The first kappa shape index (κ1) is 13.7. The second-order valence-corrected chi connectivity index (χ2v) is 5.07. The van der Waals surface area contributed by atoms with Gasteiger partial charge in [-0.15, -0.1) is 0 Å². The van der Waals surface area contributed by atoms with Crippen molar-refractivity contribution in [2.75, 3.05) is 0 Å². The van der Waals surface area contributed by atoms with Gasteiger partial charge < -0.3 is 9.84 Å². The molecule has 0 amide bonds. The van der Waals surface area contributed by atoms with E-state index in [1.54, 1.807) is 6.92 Å². The number of rotatable bonds is 4. The summed E-state index contributed by atoms with van der Waals surface area (Å²) in [5.41, 5.74) is 0.615. The third-order valence-electron chi connectivity index (χ3n) is 2.34.